The first-order valence-corrected chi connectivity index (χ1v) is 9.35. The first-order chi connectivity index (χ1) is 12.5. The molecule has 0 amide bonds. The molecule has 1 aromatic heterocycles. The molecule has 0 aliphatic carbocycles. The number of anilines is 1. The molecule has 3 rings (SSSR count). The number of aryl methyl sites for hydroxylation is 1. The summed E-state index contributed by atoms with van der Waals surface area (Å²) in [5, 5.41) is 4.59. The molecule has 0 spiro atoms. The molecule has 1 saturated heterocycles. The zero-order valence-electron chi connectivity index (χ0n) is 15.4. The predicted molar refractivity (Wildman–Crippen MR) is 105 cm³/mol. The summed E-state index contributed by atoms with van der Waals surface area (Å²) in [5.41, 5.74) is 1.94. The number of allylic oxidation sites excluding steroid dienone is 1. The Bertz CT molecular complexity index is 844. The molecule has 1 aliphatic heterocycles. The minimum absolute atomic E-state index is 0.105. The van der Waals surface area contributed by atoms with Gasteiger partial charge in [0.15, 0.2) is 12.5 Å². The molecule has 1 aliphatic rings. The quantitative estimate of drug-likeness (QED) is 0.474. The maximum atomic E-state index is 11.4. The zero-order valence-corrected chi connectivity index (χ0v) is 16.3. The largest absolute Gasteiger partial charge is 0.360 e. The van der Waals surface area contributed by atoms with Gasteiger partial charge < -0.3 is 14.4 Å². The Morgan fingerprint density at radius 3 is 2.54 bits per heavy atom. The van der Waals surface area contributed by atoms with E-state index in [1.807, 2.05) is 46.5 Å². The van der Waals surface area contributed by atoms with Gasteiger partial charge in [-0.1, -0.05) is 6.08 Å². The van der Waals surface area contributed by atoms with Crippen molar-refractivity contribution >= 4 is 23.7 Å². The van der Waals surface area contributed by atoms with Crippen molar-refractivity contribution in [2.45, 2.75) is 27.1 Å². The lowest BCUT2D eigenvalue weighted by atomic mass is 10.1. The third-order valence-corrected chi connectivity index (χ3v) is 5.33. The number of Topliss-reactive ketones (excluding diaryl/α,β-unsaturated/α-hetero) is 1. The highest BCUT2D eigenvalue weighted by molar-refractivity contribution is 7.71. The second-order valence-electron chi connectivity index (χ2n) is 6.73. The van der Waals surface area contributed by atoms with Crippen LogP contribution in [0.3, 0.4) is 0 Å². The molecule has 0 saturated carbocycles. The van der Waals surface area contributed by atoms with Crippen molar-refractivity contribution in [3.05, 3.63) is 53.1 Å². The van der Waals surface area contributed by atoms with E-state index < -0.39 is 0 Å². The number of carbonyl (C=O) groups excluding carboxylic acids is 1. The van der Waals surface area contributed by atoms with E-state index in [4.69, 9.17) is 12.2 Å². The van der Waals surface area contributed by atoms with Gasteiger partial charge in [-0.25, -0.2) is 0 Å². The molecule has 7 heteroatoms. The second kappa shape index (κ2) is 7.97. The standard InChI is InChI=1S/C19H25N5OS/c1-4-9-23-16(3)20-24(19(23)26)14-21-10-12-22(13-11-21)18-7-5-17(6-8-18)15(2)25/h4-8H,1,9-14H2,2-3H3/p+1. The molecular formula is C19H26N5OS+. The van der Waals surface area contributed by atoms with Crippen LogP contribution in [0.5, 0.6) is 0 Å². The predicted octanol–water partition coefficient (Wildman–Crippen LogP) is 1.47. The maximum Gasteiger partial charge on any atom is 0.203 e. The fourth-order valence-electron chi connectivity index (χ4n) is 3.35. The highest BCUT2D eigenvalue weighted by Crippen LogP contribution is 2.15. The van der Waals surface area contributed by atoms with Crippen LogP contribution >= 0.6 is 12.2 Å². The van der Waals surface area contributed by atoms with E-state index in [2.05, 4.69) is 16.6 Å². The highest BCUT2D eigenvalue weighted by atomic mass is 32.1. The van der Waals surface area contributed by atoms with Crippen LogP contribution in [0.15, 0.2) is 36.9 Å². The number of nitrogens with one attached hydrogen (secondary N) is 1. The summed E-state index contributed by atoms with van der Waals surface area (Å²) in [6.45, 7) is 12.9. The van der Waals surface area contributed by atoms with Gasteiger partial charge in [-0.2, -0.15) is 9.78 Å². The summed E-state index contributed by atoms with van der Waals surface area (Å²) in [5.74, 6) is 1.03. The third-order valence-electron chi connectivity index (χ3n) is 4.90. The minimum Gasteiger partial charge on any atom is -0.360 e. The summed E-state index contributed by atoms with van der Waals surface area (Å²) in [6, 6.07) is 7.90. The lowest BCUT2D eigenvalue weighted by Crippen LogP contribution is -3.14. The summed E-state index contributed by atoms with van der Waals surface area (Å²) >= 11 is 5.54. The Balaban J connectivity index is 1.60. The van der Waals surface area contributed by atoms with E-state index in [1.54, 1.807) is 6.92 Å². The van der Waals surface area contributed by atoms with Gasteiger partial charge in [0, 0.05) is 17.8 Å². The molecule has 2 aromatic rings. The molecule has 6 nitrogen and oxygen atoms in total. The van der Waals surface area contributed by atoms with E-state index in [9.17, 15) is 4.79 Å². The van der Waals surface area contributed by atoms with Crippen LogP contribution in [-0.2, 0) is 13.2 Å². The number of rotatable bonds is 6. The van der Waals surface area contributed by atoms with E-state index in [0.717, 1.165) is 49.0 Å². The Morgan fingerprint density at radius 2 is 1.96 bits per heavy atom. The Labute approximate surface area is 159 Å². The average Bonchev–Trinajstić information content (AvgIpc) is 2.90. The SMILES string of the molecule is C=CCn1c(C)nn(C[NH+]2CCN(c3ccc(C(C)=O)cc3)CC2)c1=S. The fourth-order valence-corrected chi connectivity index (χ4v) is 3.66. The summed E-state index contributed by atoms with van der Waals surface area (Å²) < 4.78 is 4.70. The van der Waals surface area contributed by atoms with Crippen LogP contribution in [0.1, 0.15) is 23.1 Å². The van der Waals surface area contributed by atoms with Crippen molar-refractivity contribution in [3.63, 3.8) is 0 Å². The van der Waals surface area contributed by atoms with E-state index in [-0.39, 0.29) is 5.78 Å². The smallest absolute Gasteiger partial charge is 0.203 e. The molecule has 0 radical (unpaired) electrons. The average molecular weight is 373 g/mol. The van der Waals surface area contributed by atoms with Crippen molar-refractivity contribution in [1.29, 1.82) is 0 Å². The Morgan fingerprint density at radius 1 is 1.31 bits per heavy atom. The molecule has 1 fully saturated rings. The minimum atomic E-state index is 0.105. The monoisotopic (exact) mass is 372 g/mol. The van der Waals surface area contributed by atoms with Crippen molar-refractivity contribution in [2.24, 2.45) is 0 Å². The van der Waals surface area contributed by atoms with Gasteiger partial charge in [0.1, 0.15) is 5.82 Å². The fraction of sp³-hybridized carbons (Fsp3) is 0.421. The topological polar surface area (TPSA) is 47.5 Å². The molecule has 0 bridgehead atoms. The van der Waals surface area contributed by atoms with Crippen LogP contribution in [0.4, 0.5) is 5.69 Å². The lowest BCUT2D eigenvalue weighted by molar-refractivity contribution is -0.924. The van der Waals surface area contributed by atoms with E-state index in [1.165, 1.54) is 10.6 Å². The number of ketones is 1. The number of quaternary nitrogens is 1. The molecule has 138 valence electrons. The lowest BCUT2D eigenvalue weighted by Gasteiger charge is -2.33. The highest BCUT2D eigenvalue weighted by Gasteiger charge is 2.21. The summed E-state index contributed by atoms with van der Waals surface area (Å²) in [6.07, 6.45) is 1.85. The molecule has 0 unspecified atom stereocenters. The number of carbonyl (C=O) groups is 1. The first-order valence-electron chi connectivity index (χ1n) is 8.94. The van der Waals surface area contributed by atoms with Gasteiger partial charge in [0.05, 0.1) is 26.2 Å². The molecule has 1 aromatic carbocycles. The molecule has 1 N–H and O–H groups in total. The van der Waals surface area contributed by atoms with Crippen molar-refractivity contribution in [1.82, 2.24) is 14.3 Å². The van der Waals surface area contributed by atoms with Crippen LogP contribution in [0.25, 0.3) is 0 Å². The third kappa shape index (κ3) is 3.94. The van der Waals surface area contributed by atoms with Gasteiger partial charge in [-0.3, -0.25) is 4.79 Å². The van der Waals surface area contributed by atoms with Gasteiger partial charge in [-0.05, 0) is 50.3 Å². The molecule has 2 heterocycles. The zero-order chi connectivity index (χ0) is 18.7. The van der Waals surface area contributed by atoms with Crippen LogP contribution in [-0.4, -0.2) is 46.3 Å². The number of aromatic nitrogens is 3. The first kappa shape index (κ1) is 18.5. The van der Waals surface area contributed by atoms with Crippen molar-refractivity contribution in [3.8, 4) is 0 Å². The molecular weight excluding hydrogens is 346 g/mol. The Hall–Kier alpha value is -2.25. The van der Waals surface area contributed by atoms with E-state index >= 15 is 0 Å². The van der Waals surface area contributed by atoms with Gasteiger partial charge in [-0.15, -0.1) is 6.58 Å². The Kier molecular flexibility index (Phi) is 5.68. The normalized spacial score (nSPS) is 15.2. The van der Waals surface area contributed by atoms with Crippen molar-refractivity contribution < 1.29 is 9.69 Å². The van der Waals surface area contributed by atoms with Crippen LogP contribution in [0, 0.1) is 11.7 Å². The van der Waals surface area contributed by atoms with Crippen LogP contribution < -0.4 is 9.80 Å². The number of benzene rings is 1. The second-order valence-corrected chi connectivity index (χ2v) is 7.09. The van der Waals surface area contributed by atoms with Crippen LogP contribution in [0.2, 0.25) is 0 Å². The maximum absolute atomic E-state index is 11.4. The van der Waals surface area contributed by atoms with Gasteiger partial charge in [0.25, 0.3) is 0 Å². The molecule has 0 atom stereocenters. The summed E-state index contributed by atoms with van der Waals surface area (Å²) in [4.78, 5) is 15.2. The number of hydrogen-bond acceptors (Lipinski definition) is 4. The van der Waals surface area contributed by atoms with Gasteiger partial charge in [0.2, 0.25) is 4.77 Å². The number of hydrogen-bond donors (Lipinski definition) is 1. The number of nitrogens with zero attached hydrogens (tertiary/aromatic N) is 4. The number of piperazine rings is 1. The molecule has 26 heavy (non-hydrogen) atoms. The summed E-state index contributed by atoms with van der Waals surface area (Å²) in [7, 11) is 0. The van der Waals surface area contributed by atoms with Crippen molar-refractivity contribution in [2.75, 3.05) is 31.1 Å². The van der Waals surface area contributed by atoms with Gasteiger partial charge >= 0.3 is 0 Å². The van der Waals surface area contributed by atoms with E-state index in [0.29, 0.717) is 6.54 Å².